The quantitative estimate of drug-likeness (QED) is 0.850. The molecule has 1 aromatic carbocycles. The molecule has 0 saturated heterocycles. The van der Waals surface area contributed by atoms with Crippen LogP contribution < -0.4 is 9.62 Å². The van der Waals surface area contributed by atoms with Crippen molar-refractivity contribution in [2.24, 2.45) is 0 Å². The molecule has 2 N–H and O–H groups in total. The molecule has 6 nitrogen and oxygen atoms in total. The minimum absolute atomic E-state index is 0.245. The molecule has 2 aromatic rings. The fraction of sp³-hybridized carbons (Fsp3) is 0.357. The van der Waals surface area contributed by atoms with Gasteiger partial charge in [-0.15, -0.1) is 0 Å². The summed E-state index contributed by atoms with van der Waals surface area (Å²) in [5, 5.41) is 9.97. The second-order valence-corrected chi connectivity index (χ2v) is 6.62. The van der Waals surface area contributed by atoms with Crippen molar-refractivity contribution in [3.05, 3.63) is 41.7 Å². The summed E-state index contributed by atoms with van der Waals surface area (Å²) >= 11 is 0. The predicted octanol–water partition coefficient (Wildman–Crippen LogP) is 1.65. The number of nitrogens with one attached hydrogen (secondary N) is 2. The zero-order valence-electron chi connectivity index (χ0n) is 12.4. The largest absolute Gasteiger partial charge is 0.311 e. The highest BCUT2D eigenvalue weighted by atomic mass is 32.2. The predicted molar refractivity (Wildman–Crippen MR) is 82.7 cm³/mol. The Morgan fingerprint density at radius 3 is 2.57 bits per heavy atom. The van der Waals surface area contributed by atoms with E-state index >= 15 is 0 Å². The number of hydrogen-bond acceptors (Lipinski definition) is 4. The first-order valence-corrected chi connectivity index (χ1v) is 8.21. The lowest BCUT2D eigenvalue weighted by Gasteiger charge is -2.19. The normalized spacial score (nSPS) is 11.6. The Balaban J connectivity index is 2.42. The molecular weight excluding hydrogens is 288 g/mol. The molecule has 0 saturated carbocycles. The number of aryl methyl sites for hydroxylation is 1. The molecule has 0 spiro atoms. The molecule has 0 fully saturated rings. The fourth-order valence-electron chi connectivity index (χ4n) is 2.09. The minimum atomic E-state index is -3.64. The van der Waals surface area contributed by atoms with Crippen LogP contribution in [0.2, 0.25) is 0 Å². The number of anilines is 1. The van der Waals surface area contributed by atoms with Gasteiger partial charge in [-0.1, -0.05) is 25.1 Å². The standard InChI is InChI=1S/C14H20N4O2S/c1-4-15-10-13-14(11(2)16-17-13)21(19,20)18(3)12-8-6-5-7-9-12/h5-9,15H,4,10H2,1-3H3,(H,16,17). The Labute approximate surface area is 125 Å². The third-order valence-corrected chi connectivity index (χ3v) is 5.23. The van der Waals surface area contributed by atoms with Crippen molar-refractivity contribution >= 4 is 15.7 Å². The molecule has 0 radical (unpaired) electrons. The van der Waals surface area contributed by atoms with Gasteiger partial charge in [-0.3, -0.25) is 9.40 Å². The van der Waals surface area contributed by atoms with Crippen molar-refractivity contribution < 1.29 is 8.42 Å². The number of H-pyrrole nitrogens is 1. The summed E-state index contributed by atoms with van der Waals surface area (Å²) in [5.74, 6) is 0. The fourth-order valence-corrected chi connectivity index (χ4v) is 3.61. The highest BCUT2D eigenvalue weighted by Gasteiger charge is 2.28. The molecule has 1 heterocycles. The second kappa shape index (κ2) is 6.28. The van der Waals surface area contributed by atoms with E-state index in [0.29, 0.717) is 23.6 Å². The van der Waals surface area contributed by atoms with Crippen LogP contribution in [0.3, 0.4) is 0 Å². The number of hydrogen-bond donors (Lipinski definition) is 2. The van der Waals surface area contributed by atoms with Gasteiger partial charge in [-0.2, -0.15) is 5.10 Å². The first-order valence-electron chi connectivity index (χ1n) is 6.77. The van der Waals surface area contributed by atoms with Gasteiger partial charge in [0.2, 0.25) is 0 Å². The number of para-hydroxylation sites is 1. The minimum Gasteiger partial charge on any atom is -0.311 e. The third-order valence-electron chi connectivity index (χ3n) is 3.24. The lowest BCUT2D eigenvalue weighted by atomic mass is 10.3. The van der Waals surface area contributed by atoms with Crippen LogP contribution >= 0.6 is 0 Å². The topological polar surface area (TPSA) is 78.1 Å². The molecule has 0 unspecified atom stereocenters. The number of sulfonamides is 1. The first-order chi connectivity index (χ1) is 9.98. The zero-order chi connectivity index (χ0) is 15.5. The molecule has 1 aromatic heterocycles. The summed E-state index contributed by atoms with van der Waals surface area (Å²) in [6, 6.07) is 8.99. The molecule has 0 bridgehead atoms. The highest BCUT2D eigenvalue weighted by molar-refractivity contribution is 7.92. The maximum atomic E-state index is 12.8. The number of rotatable bonds is 6. The second-order valence-electron chi connectivity index (χ2n) is 4.71. The summed E-state index contributed by atoms with van der Waals surface area (Å²) in [7, 11) is -2.09. The molecule has 0 aliphatic carbocycles. The van der Waals surface area contributed by atoms with Crippen molar-refractivity contribution in [3.8, 4) is 0 Å². The van der Waals surface area contributed by atoms with Gasteiger partial charge >= 0.3 is 0 Å². The van der Waals surface area contributed by atoms with Crippen LogP contribution in [-0.2, 0) is 16.6 Å². The maximum absolute atomic E-state index is 12.8. The Hall–Kier alpha value is -1.86. The van der Waals surface area contributed by atoms with E-state index < -0.39 is 10.0 Å². The van der Waals surface area contributed by atoms with E-state index in [4.69, 9.17) is 0 Å². The van der Waals surface area contributed by atoms with Crippen LogP contribution in [0.15, 0.2) is 35.2 Å². The van der Waals surface area contributed by atoms with Crippen LogP contribution in [0.1, 0.15) is 18.3 Å². The summed E-state index contributed by atoms with van der Waals surface area (Å²) < 4.78 is 27.0. The molecule has 2 rings (SSSR count). The van der Waals surface area contributed by atoms with E-state index in [2.05, 4.69) is 15.5 Å². The van der Waals surface area contributed by atoms with Gasteiger partial charge in [0.15, 0.2) is 0 Å². The van der Waals surface area contributed by atoms with E-state index in [9.17, 15) is 8.42 Å². The summed E-state index contributed by atoms with van der Waals surface area (Å²) in [5.41, 5.74) is 1.68. The Bertz CT molecular complexity index is 695. The Kier molecular flexibility index (Phi) is 4.64. The van der Waals surface area contributed by atoms with Crippen molar-refractivity contribution in [2.75, 3.05) is 17.9 Å². The van der Waals surface area contributed by atoms with E-state index in [1.807, 2.05) is 25.1 Å². The Morgan fingerprint density at radius 2 is 1.95 bits per heavy atom. The lowest BCUT2D eigenvalue weighted by Crippen LogP contribution is -2.28. The summed E-state index contributed by atoms with van der Waals surface area (Å²) in [6.07, 6.45) is 0. The van der Waals surface area contributed by atoms with Crippen LogP contribution in [-0.4, -0.2) is 32.2 Å². The number of aromatic amines is 1. The summed E-state index contributed by atoms with van der Waals surface area (Å²) in [4.78, 5) is 0.245. The van der Waals surface area contributed by atoms with Gasteiger partial charge in [0.05, 0.1) is 17.1 Å². The van der Waals surface area contributed by atoms with Crippen LogP contribution in [0.5, 0.6) is 0 Å². The highest BCUT2D eigenvalue weighted by Crippen LogP contribution is 2.25. The zero-order valence-corrected chi connectivity index (χ0v) is 13.2. The molecule has 0 aliphatic rings. The van der Waals surface area contributed by atoms with Crippen molar-refractivity contribution in [1.82, 2.24) is 15.5 Å². The van der Waals surface area contributed by atoms with E-state index in [0.717, 1.165) is 6.54 Å². The monoisotopic (exact) mass is 308 g/mol. The van der Waals surface area contributed by atoms with Gasteiger partial charge in [0.25, 0.3) is 10.0 Å². The van der Waals surface area contributed by atoms with Gasteiger partial charge < -0.3 is 5.32 Å². The van der Waals surface area contributed by atoms with Gasteiger partial charge in [0.1, 0.15) is 4.90 Å². The van der Waals surface area contributed by atoms with E-state index in [1.165, 1.54) is 4.31 Å². The molecule has 0 atom stereocenters. The average Bonchev–Trinajstić information content (AvgIpc) is 2.86. The van der Waals surface area contributed by atoms with Gasteiger partial charge in [-0.05, 0) is 25.6 Å². The van der Waals surface area contributed by atoms with E-state index in [-0.39, 0.29) is 4.90 Å². The van der Waals surface area contributed by atoms with Crippen LogP contribution in [0, 0.1) is 6.92 Å². The third kappa shape index (κ3) is 3.08. The van der Waals surface area contributed by atoms with Crippen molar-refractivity contribution in [2.45, 2.75) is 25.3 Å². The molecular formula is C14H20N4O2S. The lowest BCUT2D eigenvalue weighted by molar-refractivity contribution is 0.591. The average molecular weight is 308 g/mol. The van der Waals surface area contributed by atoms with Gasteiger partial charge in [0, 0.05) is 13.6 Å². The maximum Gasteiger partial charge on any atom is 0.267 e. The molecule has 21 heavy (non-hydrogen) atoms. The van der Waals surface area contributed by atoms with Crippen molar-refractivity contribution in [3.63, 3.8) is 0 Å². The summed E-state index contributed by atoms with van der Waals surface area (Å²) in [6.45, 7) is 4.84. The number of nitrogens with zero attached hydrogens (tertiary/aromatic N) is 2. The molecule has 7 heteroatoms. The van der Waals surface area contributed by atoms with Crippen LogP contribution in [0.4, 0.5) is 5.69 Å². The molecule has 0 amide bonds. The smallest absolute Gasteiger partial charge is 0.267 e. The first kappa shape index (κ1) is 15.5. The SMILES string of the molecule is CCNCc1n[nH]c(C)c1S(=O)(=O)N(C)c1ccccc1. The van der Waals surface area contributed by atoms with E-state index in [1.54, 1.807) is 26.1 Å². The number of aromatic nitrogens is 2. The number of benzene rings is 1. The van der Waals surface area contributed by atoms with Gasteiger partial charge in [-0.25, -0.2) is 8.42 Å². The molecule has 0 aliphatic heterocycles. The molecule has 114 valence electrons. The van der Waals surface area contributed by atoms with Crippen molar-refractivity contribution in [1.29, 1.82) is 0 Å². The van der Waals surface area contributed by atoms with Crippen LogP contribution in [0.25, 0.3) is 0 Å². The Morgan fingerprint density at radius 1 is 1.29 bits per heavy atom.